The van der Waals surface area contributed by atoms with E-state index in [4.69, 9.17) is 10.2 Å². The number of hydrogen-bond donors (Lipinski definition) is 2. The summed E-state index contributed by atoms with van der Waals surface area (Å²) in [4.78, 5) is 24.2. The van der Waals surface area contributed by atoms with E-state index >= 15 is 0 Å². The van der Waals surface area contributed by atoms with Crippen LogP contribution >= 0.6 is 0 Å². The van der Waals surface area contributed by atoms with Gasteiger partial charge in [0.1, 0.15) is 0 Å². The molecule has 0 amide bonds. The number of carboxylic acids is 2. The number of aromatic carboxylic acids is 2. The van der Waals surface area contributed by atoms with Crippen molar-refractivity contribution in [2.24, 2.45) is 0 Å². The van der Waals surface area contributed by atoms with Crippen molar-refractivity contribution in [3.63, 3.8) is 0 Å². The molecule has 0 aromatic carbocycles. The fourth-order valence-electron chi connectivity index (χ4n) is 0.748. The predicted octanol–water partition coefficient (Wildman–Crippen LogP) is 0.475. The number of hydrogen-bond acceptors (Lipinski definition) is 3. The minimum atomic E-state index is -1.34. The van der Waals surface area contributed by atoms with Crippen LogP contribution in [0.15, 0.2) is 18.3 Å². The van der Waals surface area contributed by atoms with Gasteiger partial charge in [-0.1, -0.05) is 0 Å². The second-order valence-electron chi connectivity index (χ2n) is 2.01. The van der Waals surface area contributed by atoms with Gasteiger partial charge in [0.25, 0.3) is 0 Å². The van der Waals surface area contributed by atoms with Crippen molar-refractivity contribution >= 4 is 11.9 Å². The zero-order chi connectivity index (χ0) is 9.14. The molecule has 1 aromatic rings. The summed E-state index contributed by atoms with van der Waals surface area (Å²) in [5.41, 5.74) is -0.741. The molecule has 0 aliphatic carbocycles. The molecule has 13 heavy (non-hydrogen) atoms. The van der Waals surface area contributed by atoms with Gasteiger partial charge in [0.05, 0.1) is 5.56 Å². The monoisotopic (exact) mass is 230 g/mol. The van der Waals surface area contributed by atoms with E-state index in [1.54, 1.807) is 0 Å². The van der Waals surface area contributed by atoms with E-state index in [1.807, 2.05) is 0 Å². The Hall–Kier alpha value is -1.39. The second kappa shape index (κ2) is 4.59. The van der Waals surface area contributed by atoms with Crippen LogP contribution in [0.5, 0.6) is 0 Å². The summed E-state index contributed by atoms with van der Waals surface area (Å²) in [6.45, 7) is 0. The molecule has 73 valence electrons. The van der Waals surface area contributed by atoms with E-state index in [1.165, 1.54) is 18.3 Å². The summed E-state index contributed by atoms with van der Waals surface area (Å²) >= 11 is 0. The summed E-state index contributed by atoms with van der Waals surface area (Å²) in [7, 11) is 0. The molecular weight excluding hydrogens is 226 g/mol. The Morgan fingerprint density at radius 2 is 1.85 bits per heavy atom. The van der Waals surface area contributed by atoms with Crippen LogP contribution in [0.25, 0.3) is 0 Å². The zero-order valence-electron chi connectivity index (χ0n) is 6.19. The summed E-state index contributed by atoms with van der Waals surface area (Å²) in [5.74, 6) is -2.63. The van der Waals surface area contributed by atoms with Gasteiger partial charge in [0, 0.05) is 23.3 Å². The molecule has 0 unspecified atom stereocenters. The number of rotatable bonds is 2. The first-order chi connectivity index (χ1) is 5.63. The van der Waals surface area contributed by atoms with E-state index in [0.717, 1.165) is 0 Å². The van der Waals surface area contributed by atoms with Crippen LogP contribution in [-0.2, 0) is 17.1 Å². The van der Waals surface area contributed by atoms with Crippen LogP contribution in [0.3, 0.4) is 0 Å². The average Bonchev–Trinajstić information content (AvgIpc) is 2.04. The molecule has 1 radical (unpaired) electrons. The van der Waals surface area contributed by atoms with E-state index in [-0.39, 0.29) is 22.6 Å². The number of nitrogens with zero attached hydrogens (tertiary/aromatic N) is 1. The molecule has 1 rings (SSSR count). The van der Waals surface area contributed by atoms with Gasteiger partial charge in [-0.05, 0) is 12.1 Å². The Kier molecular flexibility index (Phi) is 4.10. The van der Waals surface area contributed by atoms with Crippen LogP contribution in [0, 0.1) is 0 Å². The summed E-state index contributed by atoms with van der Waals surface area (Å²) in [6.07, 6.45) is 1.23. The first-order valence-electron chi connectivity index (χ1n) is 3.04. The molecule has 1 heterocycles. The van der Waals surface area contributed by atoms with Gasteiger partial charge in [0.2, 0.25) is 0 Å². The van der Waals surface area contributed by atoms with Crippen molar-refractivity contribution in [1.29, 1.82) is 0 Å². The molecule has 0 bridgehead atoms. The van der Waals surface area contributed by atoms with Gasteiger partial charge in [-0.2, -0.15) is 0 Å². The van der Waals surface area contributed by atoms with E-state index in [9.17, 15) is 9.59 Å². The molecule has 2 N–H and O–H groups in total. The molecule has 0 aliphatic heterocycles. The van der Waals surface area contributed by atoms with Crippen LogP contribution in [0.4, 0.5) is 0 Å². The molecular formula is C7H5CuNO4. The molecule has 0 fully saturated rings. The number of carboxylic acid groups (broad SMARTS) is 2. The molecule has 5 nitrogen and oxygen atoms in total. The summed E-state index contributed by atoms with van der Waals surface area (Å²) < 4.78 is 0. The normalized spacial score (nSPS) is 8.62. The maximum Gasteiger partial charge on any atom is 0.355 e. The van der Waals surface area contributed by atoms with Gasteiger partial charge >= 0.3 is 11.9 Å². The Morgan fingerprint density at radius 3 is 2.23 bits per heavy atom. The number of pyridine rings is 1. The Bertz CT molecular complexity index is 306. The fourth-order valence-corrected chi connectivity index (χ4v) is 0.748. The third-order valence-electron chi connectivity index (χ3n) is 1.24. The van der Waals surface area contributed by atoms with Crippen molar-refractivity contribution in [3.05, 3.63) is 29.6 Å². The van der Waals surface area contributed by atoms with E-state index < -0.39 is 17.6 Å². The van der Waals surface area contributed by atoms with Crippen LogP contribution in [-0.4, -0.2) is 27.1 Å². The molecule has 6 heteroatoms. The van der Waals surface area contributed by atoms with Crippen molar-refractivity contribution in [3.8, 4) is 0 Å². The molecule has 0 aliphatic rings. The van der Waals surface area contributed by atoms with Crippen molar-refractivity contribution < 1.29 is 36.9 Å². The Balaban J connectivity index is 0.00000144. The smallest absolute Gasteiger partial charge is 0.355 e. The van der Waals surface area contributed by atoms with Gasteiger partial charge in [-0.15, -0.1) is 0 Å². The molecule has 1 aromatic heterocycles. The van der Waals surface area contributed by atoms with Crippen molar-refractivity contribution in [2.45, 2.75) is 0 Å². The maximum absolute atomic E-state index is 10.4. The Morgan fingerprint density at radius 1 is 1.23 bits per heavy atom. The molecule has 0 saturated carbocycles. The average molecular weight is 231 g/mol. The predicted molar refractivity (Wildman–Crippen MR) is 38.2 cm³/mol. The van der Waals surface area contributed by atoms with Crippen LogP contribution in [0.2, 0.25) is 0 Å². The van der Waals surface area contributed by atoms with Gasteiger partial charge in [-0.3, -0.25) is 0 Å². The summed E-state index contributed by atoms with van der Waals surface area (Å²) in [6, 6.07) is 2.56. The van der Waals surface area contributed by atoms with Crippen LogP contribution in [0.1, 0.15) is 20.8 Å². The third-order valence-corrected chi connectivity index (χ3v) is 1.24. The fraction of sp³-hybridized carbons (Fsp3) is 0. The third kappa shape index (κ3) is 2.54. The number of carbonyl (C=O) groups is 2. The minimum absolute atomic E-state index is 0. The topological polar surface area (TPSA) is 87.5 Å². The van der Waals surface area contributed by atoms with Gasteiger partial charge < -0.3 is 10.2 Å². The Labute approximate surface area is 83.9 Å². The van der Waals surface area contributed by atoms with Gasteiger partial charge in [0.15, 0.2) is 5.69 Å². The molecule has 0 spiro atoms. The largest absolute Gasteiger partial charge is 0.478 e. The molecule has 0 saturated heterocycles. The van der Waals surface area contributed by atoms with Crippen molar-refractivity contribution in [1.82, 2.24) is 4.98 Å². The molecule has 0 atom stereocenters. The summed E-state index contributed by atoms with van der Waals surface area (Å²) in [5, 5.41) is 17.0. The first-order valence-corrected chi connectivity index (χ1v) is 3.04. The van der Waals surface area contributed by atoms with Gasteiger partial charge in [-0.25, -0.2) is 14.6 Å². The number of aromatic nitrogens is 1. The maximum atomic E-state index is 10.4. The van der Waals surface area contributed by atoms with Crippen LogP contribution < -0.4 is 0 Å². The first kappa shape index (κ1) is 11.6. The SMILES string of the molecule is O=C(O)c1cccnc1C(=O)O.[Cu]. The minimum Gasteiger partial charge on any atom is -0.478 e. The van der Waals surface area contributed by atoms with Crippen molar-refractivity contribution in [2.75, 3.05) is 0 Å². The quantitative estimate of drug-likeness (QED) is 0.722. The second-order valence-corrected chi connectivity index (χ2v) is 2.01. The van der Waals surface area contributed by atoms with E-state index in [2.05, 4.69) is 4.98 Å². The standard InChI is InChI=1S/C7H5NO4.Cu/c9-6(10)4-2-1-3-8-5(4)7(11)12;/h1-3H,(H,9,10)(H,11,12);. The zero-order valence-corrected chi connectivity index (χ0v) is 7.13. The van der Waals surface area contributed by atoms with E-state index in [0.29, 0.717) is 0 Å².